The highest BCUT2D eigenvalue weighted by atomic mass is 32.2. The minimum atomic E-state index is -3.63. The average Bonchev–Trinajstić information content (AvgIpc) is 2.46. The molecule has 0 bridgehead atoms. The molecule has 2 aromatic rings. The van der Waals surface area contributed by atoms with Crippen LogP contribution in [0.25, 0.3) is 0 Å². The van der Waals surface area contributed by atoms with Crippen molar-refractivity contribution in [2.45, 2.75) is 6.10 Å². The molecule has 0 radical (unpaired) electrons. The van der Waals surface area contributed by atoms with Crippen LogP contribution in [0.4, 0.5) is 0 Å². The smallest absolute Gasteiger partial charge is 0.265 e. The van der Waals surface area contributed by atoms with Crippen molar-refractivity contribution in [2.75, 3.05) is 12.9 Å². The number of para-hydroxylation sites is 1. The minimum absolute atomic E-state index is 0.425. The molecule has 5 nitrogen and oxygen atoms in total. The topological polar surface area (TPSA) is 72.8 Å². The SMILES string of the molecule is CS(=O)(=O)OC(CO)c1ccc(Oc2ccccc2)cc1. The fraction of sp³-hybridized carbons (Fsp3) is 0.200. The fourth-order valence-electron chi connectivity index (χ4n) is 1.78. The molecule has 0 amide bonds. The van der Waals surface area contributed by atoms with Gasteiger partial charge in [-0.05, 0) is 29.8 Å². The van der Waals surface area contributed by atoms with E-state index in [2.05, 4.69) is 0 Å². The first-order valence-electron chi connectivity index (χ1n) is 6.30. The van der Waals surface area contributed by atoms with Crippen LogP contribution >= 0.6 is 0 Å². The van der Waals surface area contributed by atoms with Gasteiger partial charge in [-0.3, -0.25) is 4.18 Å². The summed E-state index contributed by atoms with van der Waals surface area (Å²) >= 11 is 0. The van der Waals surface area contributed by atoms with E-state index in [0.29, 0.717) is 17.1 Å². The molecule has 0 aliphatic heterocycles. The van der Waals surface area contributed by atoms with Crippen molar-refractivity contribution < 1.29 is 22.4 Å². The molecule has 1 atom stereocenters. The summed E-state index contributed by atoms with van der Waals surface area (Å²) in [5.74, 6) is 1.32. The Labute approximate surface area is 123 Å². The molecule has 0 saturated carbocycles. The summed E-state index contributed by atoms with van der Waals surface area (Å²) in [6.07, 6.45) is 0.0356. The van der Waals surface area contributed by atoms with Crippen molar-refractivity contribution in [2.24, 2.45) is 0 Å². The Morgan fingerprint density at radius 2 is 1.57 bits per heavy atom. The Hall–Kier alpha value is -1.89. The molecule has 1 unspecified atom stereocenters. The number of hydrogen-bond donors (Lipinski definition) is 1. The second kappa shape index (κ2) is 6.71. The van der Waals surface area contributed by atoms with Crippen molar-refractivity contribution in [3.05, 3.63) is 60.2 Å². The van der Waals surface area contributed by atoms with E-state index >= 15 is 0 Å². The van der Waals surface area contributed by atoms with Crippen LogP contribution in [0.1, 0.15) is 11.7 Å². The van der Waals surface area contributed by atoms with Gasteiger partial charge in [-0.15, -0.1) is 0 Å². The van der Waals surface area contributed by atoms with E-state index < -0.39 is 22.8 Å². The van der Waals surface area contributed by atoms with Gasteiger partial charge in [0.15, 0.2) is 0 Å². The molecule has 2 rings (SSSR count). The van der Waals surface area contributed by atoms with Crippen molar-refractivity contribution in [3.63, 3.8) is 0 Å². The summed E-state index contributed by atoms with van der Waals surface area (Å²) in [6, 6.07) is 16.0. The maximum Gasteiger partial charge on any atom is 0.265 e. The first-order valence-corrected chi connectivity index (χ1v) is 8.11. The summed E-state index contributed by atoms with van der Waals surface area (Å²) in [4.78, 5) is 0. The molecule has 0 saturated heterocycles. The summed E-state index contributed by atoms with van der Waals surface area (Å²) in [5, 5.41) is 9.23. The lowest BCUT2D eigenvalue weighted by Crippen LogP contribution is -2.13. The van der Waals surface area contributed by atoms with Crippen LogP contribution in [0.15, 0.2) is 54.6 Å². The molecule has 0 aromatic heterocycles. The average molecular weight is 308 g/mol. The number of aliphatic hydroxyl groups is 1. The summed E-state index contributed by atoms with van der Waals surface area (Å²) in [7, 11) is -3.63. The van der Waals surface area contributed by atoms with Gasteiger partial charge in [0.05, 0.1) is 12.9 Å². The Balaban J connectivity index is 2.11. The lowest BCUT2D eigenvalue weighted by Gasteiger charge is -2.14. The van der Waals surface area contributed by atoms with Crippen LogP contribution in [0.2, 0.25) is 0 Å². The molecular weight excluding hydrogens is 292 g/mol. The first kappa shape index (κ1) is 15.5. The Morgan fingerprint density at radius 3 is 2.10 bits per heavy atom. The van der Waals surface area contributed by atoms with Gasteiger partial charge in [0.2, 0.25) is 0 Å². The predicted octanol–water partition coefficient (Wildman–Crippen LogP) is 2.49. The van der Waals surface area contributed by atoms with E-state index in [1.54, 1.807) is 24.3 Å². The Kier molecular flexibility index (Phi) is 4.95. The van der Waals surface area contributed by atoms with E-state index in [0.717, 1.165) is 6.26 Å². The highest BCUT2D eigenvalue weighted by molar-refractivity contribution is 7.86. The van der Waals surface area contributed by atoms with Gasteiger partial charge in [0.25, 0.3) is 10.1 Å². The molecule has 0 fully saturated rings. The molecule has 0 spiro atoms. The minimum Gasteiger partial charge on any atom is -0.457 e. The molecule has 1 N–H and O–H groups in total. The molecule has 0 aliphatic carbocycles. The van der Waals surface area contributed by atoms with Gasteiger partial charge < -0.3 is 9.84 Å². The van der Waals surface area contributed by atoms with Crippen molar-refractivity contribution in [3.8, 4) is 11.5 Å². The quantitative estimate of drug-likeness (QED) is 0.830. The number of ether oxygens (including phenoxy) is 1. The van der Waals surface area contributed by atoms with Crippen LogP contribution in [-0.2, 0) is 14.3 Å². The zero-order chi connectivity index (χ0) is 15.3. The monoisotopic (exact) mass is 308 g/mol. The zero-order valence-electron chi connectivity index (χ0n) is 11.5. The van der Waals surface area contributed by atoms with Gasteiger partial charge in [-0.25, -0.2) is 0 Å². The van der Waals surface area contributed by atoms with Crippen molar-refractivity contribution in [1.82, 2.24) is 0 Å². The second-order valence-corrected chi connectivity index (χ2v) is 6.06. The highest BCUT2D eigenvalue weighted by Gasteiger charge is 2.16. The second-order valence-electron chi connectivity index (χ2n) is 4.46. The molecule has 2 aromatic carbocycles. The largest absolute Gasteiger partial charge is 0.457 e. The van der Waals surface area contributed by atoms with Gasteiger partial charge >= 0.3 is 0 Å². The van der Waals surface area contributed by atoms with Crippen molar-refractivity contribution in [1.29, 1.82) is 0 Å². The van der Waals surface area contributed by atoms with Crippen LogP contribution in [0.5, 0.6) is 11.5 Å². The number of rotatable bonds is 6. The molecule has 112 valence electrons. The predicted molar refractivity (Wildman–Crippen MR) is 78.7 cm³/mol. The third kappa shape index (κ3) is 4.86. The Bertz CT molecular complexity index is 665. The number of benzene rings is 2. The van der Waals surface area contributed by atoms with Gasteiger partial charge in [0, 0.05) is 0 Å². The summed E-state index contributed by atoms with van der Waals surface area (Å²) in [5.41, 5.74) is 0.559. The van der Waals surface area contributed by atoms with E-state index in [1.807, 2.05) is 30.3 Å². The summed E-state index contributed by atoms with van der Waals surface area (Å²) < 4.78 is 32.7. The lowest BCUT2D eigenvalue weighted by atomic mass is 10.1. The normalized spacial score (nSPS) is 12.9. The van der Waals surface area contributed by atoms with Crippen LogP contribution in [0, 0.1) is 0 Å². The number of aliphatic hydroxyl groups excluding tert-OH is 1. The number of hydrogen-bond acceptors (Lipinski definition) is 5. The van der Waals surface area contributed by atoms with Gasteiger partial charge in [-0.1, -0.05) is 30.3 Å². The first-order chi connectivity index (χ1) is 9.98. The maximum absolute atomic E-state index is 11.1. The third-order valence-corrected chi connectivity index (χ3v) is 3.27. The van der Waals surface area contributed by atoms with Gasteiger partial charge in [-0.2, -0.15) is 8.42 Å². The van der Waals surface area contributed by atoms with E-state index in [-0.39, 0.29) is 0 Å². The van der Waals surface area contributed by atoms with E-state index in [1.165, 1.54) is 0 Å². The molecule has 6 heteroatoms. The zero-order valence-corrected chi connectivity index (χ0v) is 12.3. The van der Waals surface area contributed by atoms with Gasteiger partial charge in [0.1, 0.15) is 17.6 Å². The fourth-order valence-corrected chi connectivity index (χ4v) is 2.37. The van der Waals surface area contributed by atoms with Crippen LogP contribution in [-0.4, -0.2) is 26.4 Å². The van der Waals surface area contributed by atoms with E-state index in [9.17, 15) is 13.5 Å². The summed E-state index contributed by atoms with van der Waals surface area (Å²) in [6.45, 7) is -0.425. The molecule has 0 aliphatic rings. The molecule has 21 heavy (non-hydrogen) atoms. The maximum atomic E-state index is 11.1. The van der Waals surface area contributed by atoms with Crippen LogP contribution in [0.3, 0.4) is 0 Å². The lowest BCUT2D eigenvalue weighted by molar-refractivity contribution is 0.123. The van der Waals surface area contributed by atoms with E-state index in [4.69, 9.17) is 8.92 Å². The molecule has 0 heterocycles. The third-order valence-electron chi connectivity index (χ3n) is 2.69. The van der Waals surface area contributed by atoms with Crippen LogP contribution < -0.4 is 4.74 Å². The standard InChI is InChI=1S/C15H16O5S/c1-21(17,18)20-15(11-16)12-7-9-14(10-8-12)19-13-5-3-2-4-6-13/h2-10,15-16H,11H2,1H3. The van der Waals surface area contributed by atoms with Crippen molar-refractivity contribution >= 4 is 10.1 Å². The highest BCUT2D eigenvalue weighted by Crippen LogP contribution is 2.25. The molecular formula is C15H16O5S. The Morgan fingerprint density at radius 1 is 1.00 bits per heavy atom.